The standard InChI is InChI=1S/C22H32O4/c1-13-15-7-9-18(24)22(5)11-10-19(26-14(2)23)21(3,4)17(22)8-6-16(12-15)20(13)25/h6,15,17,19-20,25H,1,7-12H2,2-5H3. The molecule has 5 atom stereocenters. The molecular weight excluding hydrogens is 328 g/mol. The first-order chi connectivity index (χ1) is 12.1. The Morgan fingerprint density at radius 3 is 2.65 bits per heavy atom. The molecule has 0 heterocycles. The maximum absolute atomic E-state index is 13.2. The second kappa shape index (κ2) is 6.63. The highest BCUT2D eigenvalue weighted by molar-refractivity contribution is 5.85. The normalized spacial score (nSPS) is 39.8. The predicted molar refractivity (Wildman–Crippen MR) is 100 cm³/mol. The molecule has 2 bridgehead atoms. The molecule has 0 aromatic carbocycles. The fraction of sp³-hybridized carbons (Fsp3) is 0.727. The molecule has 3 aliphatic carbocycles. The van der Waals surface area contributed by atoms with Gasteiger partial charge in [-0.1, -0.05) is 33.4 Å². The number of allylic oxidation sites excluding steroid dienone is 1. The monoisotopic (exact) mass is 360 g/mol. The van der Waals surface area contributed by atoms with Crippen LogP contribution in [0.4, 0.5) is 0 Å². The Labute approximate surface area is 156 Å². The summed E-state index contributed by atoms with van der Waals surface area (Å²) in [6, 6.07) is 0. The summed E-state index contributed by atoms with van der Waals surface area (Å²) < 4.78 is 5.63. The first kappa shape index (κ1) is 19.3. The van der Waals surface area contributed by atoms with Crippen molar-refractivity contribution in [2.75, 3.05) is 0 Å². The van der Waals surface area contributed by atoms with Gasteiger partial charge in [0.2, 0.25) is 0 Å². The van der Waals surface area contributed by atoms with Gasteiger partial charge >= 0.3 is 5.97 Å². The Balaban J connectivity index is 1.99. The quantitative estimate of drug-likeness (QED) is 0.567. The summed E-state index contributed by atoms with van der Waals surface area (Å²) in [7, 11) is 0. The fourth-order valence-corrected chi connectivity index (χ4v) is 5.66. The first-order valence-electron chi connectivity index (χ1n) is 9.83. The van der Waals surface area contributed by atoms with Crippen LogP contribution in [0.2, 0.25) is 0 Å². The number of hydrogen-bond acceptors (Lipinski definition) is 4. The number of rotatable bonds is 1. The molecule has 26 heavy (non-hydrogen) atoms. The van der Waals surface area contributed by atoms with Gasteiger partial charge in [-0.2, -0.15) is 0 Å². The third-order valence-electron chi connectivity index (χ3n) is 7.41. The van der Waals surface area contributed by atoms with Crippen LogP contribution in [0.25, 0.3) is 0 Å². The Kier molecular flexibility index (Phi) is 4.93. The molecule has 3 aliphatic rings. The van der Waals surface area contributed by atoms with E-state index in [-0.39, 0.29) is 29.3 Å². The highest BCUT2D eigenvalue weighted by Gasteiger charge is 2.55. The highest BCUT2D eigenvalue weighted by atomic mass is 16.5. The number of carbonyl (C=O) groups is 2. The Morgan fingerprint density at radius 2 is 2.00 bits per heavy atom. The summed E-state index contributed by atoms with van der Waals surface area (Å²) in [6.07, 6.45) is 5.68. The van der Waals surface area contributed by atoms with Crippen molar-refractivity contribution in [3.8, 4) is 0 Å². The van der Waals surface area contributed by atoms with Crippen LogP contribution in [-0.2, 0) is 14.3 Å². The highest BCUT2D eigenvalue weighted by Crippen LogP contribution is 2.56. The predicted octanol–water partition coefficient (Wildman–Crippen LogP) is 3.98. The van der Waals surface area contributed by atoms with Crippen molar-refractivity contribution >= 4 is 11.8 Å². The van der Waals surface area contributed by atoms with Gasteiger partial charge in [0.1, 0.15) is 11.9 Å². The van der Waals surface area contributed by atoms with Gasteiger partial charge in [0.25, 0.3) is 0 Å². The lowest BCUT2D eigenvalue weighted by atomic mass is 9.52. The van der Waals surface area contributed by atoms with Crippen LogP contribution >= 0.6 is 0 Å². The van der Waals surface area contributed by atoms with Crippen molar-refractivity contribution < 1.29 is 19.4 Å². The average Bonchev–Trinajstić information content (AvgIpc) is 2.82. The summed E-state index contributed by atoms with van der Waals surface area (Å²) >= 11 is 0. The number of Topliss-reactive ketones (excluding diaryl/α,β-unsaturated/α-hetero) is 1. The summed E-state index contributed by atoms with van der Waals surface area (Å²) in [4.78, 5) is 24.8. The molecule has 4 nitrogen and oxygen atoms in total. The lowest BCUT2D eigenvalue weighted by molar-refractivity contribution is -0.170. The van der Waals surface area contributed by atoms with Crippen LogP contribution < -0.4 is 0 Å². The fourth-order valence-electron chi connectivity index (χ4n) is 5.66. The van der Waals surface area contributed by atoms with E-state index in [1.165, 1.54) is 6.92 Å². The van der Waals surface area contributed by atoms with Crippen LogP contribution in [0, 0.1) is 22.7 Å². The van der Waals surface area contributed by atoms with Crippen molar-refractivity contribution in [3.63, 3.8) is 0 Å². The minimum atomic E-state index is -0.574. The van der Waals surface area contributed by atoms with Crippen LogP contribution in [0.5, 0.6) is 0 Å². The maximum atomic E-state index is 13.2. The second-order valence-corrected chi connectivity index (χ2v) is 9.28. The zero-order valence-electron chi connectivity index (χ0n) is 16.5. The van der Waals surface area contributed by atoms with E-state index in [9.17, 15) is 14.7 Å². The van der Waals surface area contributed by atoms with Gasteiger partial charge in [0.15, 0.2) is 0 Å². The molecule has 4 heteroatoms. The summed E-state index contributed by atoms with van der Waals surface area (Å²) in [5.74, 6) is 0.334. The van der Waals surface area contributed by atoms with Crippen LogP contribution in [0.1, 0.15) is 66.2 Å². The van der Waals surface area contributed by atoms with Crippen molar-refractivity contribution in [1.82, 2.24) is 0 Å². The molecule has 0 aliphatic heterocycles. The van der Waals surface area contributed by atoms with Gasteiger partial charge < -0.3 is 9.84 Å². The summed E-state index contributed by atoms with van der Waals surface area (Å²) in [5.41, 5.74) is 1.18. The largest absolute Gasteiger partial charge is 0.462 e. The van der Waals surface area contributed by atoms with Crippen LogP contribution in [0.3, 0.4) is 0 Å². The molecule has 0 spiro atoms. The van der Waals surface area contributed by atoms with Gasteiger partial charge in [-0.15, -0.1) is 0 Å². The van der Waals surface area contributed by atoms with E-state index in [1.807, 2.05) is 0 Å². The number of esters is 1. The van der Waals surface area contributed by atoms with E-state index in [4.69, 9.17) is 4.74 Å². The van der Waals surface area contributed by atoms with Gasteiger partial charge in [0.05, 0.1) is 6.10 Å². The Hall–Kier alpha value is -1.42. The SMILES string of the molecule is C=C1C2CCC(=O)C3(C)CCC(OC(C)=O)C(C)(C)C3CC=C(C2)C1O. The smallest absolute Gasteiger partial charge is 0.302 e. The number of fused-ring (bicyclic) bond motifs is 3. The van der Waals surface area contributed by atoms with Gasteiger partial charge in [-0.3, -0.25) is 9.59 Å². The molecule has 1 N–H and O–H groups in total. The zero-order chi connectivity index (χ0) is 19.3. The number of ketones is 1. The number of hydrogen-bond donors (Lipinski definition) is 1. The average molecular weight is 360 g/mol. The molecule has 0 amide bonds. The molecule has 0 aromatic rings. The van der Waals surface area contributed by atoms with Gasteiger partial charge in [-0.25, -0.2) is 0 Å². The van der Waals surface area contributed by atoms with Crippen molar-refractivity contribution in [1.29, 1.82) is 0 Å². The number of ether oxygens (including phenoxy) is 1. The Morgan fingerprint density at radius 1 is 1.31 bits per heavy atom. The van der Waals surface area contributed by atoms with E-state index < -0.39 is 11.5 Å². The second-order valence-electron chi connectivity index (χ2n) is 9.28. The molecule has 2 saturated carbocycles. The number of aliphatic hydroxyl groups excluding tert-OH is 1. The van der Waals surface area contributed by atoms with Crippen molar-refractivity contribution in [2.45, 2.75) is 78.4 Å². The molecule has 0 saturated heterocycles. The van der Waals surface area contributed by atoms with E-state index in [2.05, 4.69) is 33.4 Å². The molecule has 0 aromatic heterocycles. The lowest BCUT2D eigenvalue weighted by Crippen LogP contribution is -2.54. The van der Waals surface area contributed by atoms with Gasteiger partial charge in [-0.05, 0) is 55.1 Å². The third kappa shape index (κ3) is 3.06. The van der Waals surface area contributed by atoms with Crippen molar-refractivity contribution in [2.24, 2.45) is 22.7 Å². The number of aliphatic hydroxyl groups is 1. The van der Waals surface area contributed by atoms with E-state index in [0.717, 1.165) is 43.3 Å². The third-order valence-corrected chi connectivity index (χ3v) is 7.41. The van der Waals surface area contributed by atoms with Gasteiger partial charge in [0, 0.05) is 24.2 Å². The first-order valence-corrected chi connectivity index (χ1v) is 9.83. The molecule has 144 valence electrons. The number of carbonyl (C=O) groups excluding carboxylic acids is 2. The van der Waals surface area contributed by atoms with E-state index >= 15 is 0 Å². The minimum Gasteiger partial charge on any atom is -0.462 e. The topological polar surface area (TPSA) is 63.6 Å². The maximum Gasteiger partial charge on any atom is 0.302 e. The lowest BCUT2D eigenvalue weighted by Gasteiger charge is -2.53. The van der Waals surface area contributed by atoms with E-state index in [1.54, 1.807) is 0 Å². The van der Waals surface area contributed by atoms with Crippen LogP contribution in [-0.4, -0.2) is 29.1 Å². The molecule has 2 fully saturated rings. The summed E-state index contributed by atoms with van der Waals surface area (Å²) in [6.45, 7) is 11.9. The summed E-state index contributed by atoms with van der Waals surface area (Å²) in [5, 5.41) is 10.5. The zero-order valence-corrected chi connectivity index (χ0v) is 16.5. The molecule has 5 unspecified atom stereocenters. The molecule has 3 rings (SSSR count). The minimum absolute atomic E-state index is 0.0747. The molecule has 0 radical (unpaired) electrons. The van der Waals surface area contributed by atoms with Crippen LogP contribution in [0.15, 0.2) is 23.8 Å². The Bertz CT molecular complexity index is 659. The molecular formula is C22H32O4. The van der Waals surface area contributed by atoms with E-state index in [0.29, 0.717) is 12.2 Å². The van der Waals surface area contributed by atoms with Crippen molar-refractivity contribution in [3.05, 3.63) is 23.8 Å².